The van der Waals surface area contributed by atoms with E-state index in [1.807, 2.05) is 42.5 Å². The lowest BCUT2D eigenvalue weighted by atomic mass is 10.0. The van der Waals surface area contributed by atoms with Gasteiger partial charge in [-0.2, -0.15) is 0 Å². The molecule has 1 saturated heterocycles. The number of nitrogens with zero attached hydrogens (tertiary/aromatic N) is 3. The number of fused-ring (bicyclic) bond motifs is 1. The number of carbonyl (C=O) groups excluding carboxylic acids is 2. The van der Waals surface area contributed by atoms with Gasteiger partial charge in [-0.15, -0.1) is 0 Å². The van der Waals surface area contributed by atoms with E-state index in [1.165, 1.54) is 18.2 Å². The molecule has 0 aliphatic carbocycles. The van der Waals surface area contributed by atoms with Gasteiger partial charge in [0.25, 0.3) is 11.6 Å². The van der Waals surface area contributed by atoms with Crippen LogP contribution < -0.4 is 5.32 Å². The number of nitrogens with one attached hydrogen (secondary N) is 1. The summed E-state index contributed by atoms with van der Waals surface area (Å²) in [6.07, 6.45) is 0. The number of non-ortho nitro benzene ring substituents is 1. The van der Waals surface area contributed by atoms with E-state index in [2.05, 4.69) is 5.32 Å². The molecular weight excluding hydrogens is 384 g/mol. The molecule has 0 atom stereocenters. The van der Waals surface area contributed by atoms with E-state index in [0.29, 0.717) is 37.4 Å². The third kappa shape index (κ3) is 3.93. The van der Waals surface area contributed by atoms with Crippen molar-refractivity contribution in [1.82, 2.24) is 9.80 Å². The van der Waals surface area contributed by atoms with Crippen LogP contribution in [0.2, 0.25) is 0 Å². The van der Waals surface area contributed by atoms with E-state index in [4.69, 9.17) is 0 Å². The van der Waals surface area contributed by atoms with Gasteiger partial charge in [-0.1, -0.05) is 42.5 Å². The fourth-order valence-corrected chi connectivity index (χ4v) is 3.59. The van der Waals surface area contributed by atoms with Crippen LogP contribution >= 0.6 is 0 Å². The first-order valence-corrected chi connectivity index (χ1v) is 9.60. The number of anilines is 1. The van der Waals surface area contributed by atoms with Crippen LogP contribution in [0.25, 0.3) is 10.8 Å². The van der Waals surface area contributed by atoms with Crippen LogP contribution in [0.3, 0.4) is 0 Å². The molecule has 3 aromatic rings. The summed E-state index contributed by atoms with van der Waals surface area (Å²) in [6, 6.07) is 18.9. The first kappa shape index (κ1) is 19.4. The number of benzene rings is 3. The average Bonchev–Trinajstić information content (AvgIpc) is 2.78. The van der Waals surface area contributed by atoms with Crippen LogP contribution in [0.5, 0.6) is 0 Å². The van der Waals surface area contributed by atoms with Crippen LogP contribution in [0.4, 0.5) is 16.2 Å². The maximum absolute atomic E-state index is 13.0. The predicted molar refractivity (Wildman–Crippen MR) is 114 cm³/mol. The van der Waals surface area contributed by atoms with Crippen molar-refractivity contribution in [3.63, 3.8) is 0 Å². The number of piperazine rings is 1. The lowest BCUT2D eigenvalue weighted by Crippen LogP contribution is -2.51. The van der Waals surface area contributed by atoms with Crippen LogP contribution in [-0.4, -0.2) is 52.8 Å². The normalized spacial score (nSPS) is 13.9. The zero-order valence-electron chi connectivity index (χ0n) is 16.2. The number of amides is 3. The van der Waals surface area contributed by atoms with Crippen LogP contribution in [0.1, 0.15) is 10.4 Å². The number of urea groups is 1. The van der Waals surface area contributed by atoms with Crippen LogP contribution in [0.15, 0.2) is 66.7 Å². The molecule has 0 aromatic heterocycles. The van der Waals surface area contributed by atoms with E-state index in [9.17, 15) is 19.7 Å². The Hall–Kier alpha value is -3.94. The minimum atomic E-state index is -0.507. The number of nitro benzene ring substituents is 1. The van der Waals surface area contributed by atoms with Gasteiger partial charge in [0.1, 0.15) is 0 Å². The topological polar surface area (TPSA) is 95.8 Å². The first-order valence-electron chi connectivity index (χ1n) is 9.60. The zero-order valence-corrected chi connectivity index (χ0v) is 16.2. The van der Waals surface area contributed by atoms with Gasteiger partial charge in [0.15, 0.2) is 0 Å². The van der Waals surface area contributed by atoms with E-state index in [0.717, 1.165) is 10.8 Å². The average molecular weight is 404 g/mol. The van der Waals surface area contributed by atoms with Crippen molar-refractivity contribution in [2.75, 3.05) is 31.5 Å². The Morgan fingerprint density at radius 3 is 2.30 bits per heavy atom. The van der Waals surface area contributed by atoms with Gasteiger partial charge < -0.3 is 15.1 Å². The summed E-state index contributed by atoms with van der Waals surface area (Å²) < 4.78 is 0. The van der Waals surface area contributed by atoms with Crippen LogP contribution in [0, 0.1) is 10.1 Å². The lowest BCUT2D eigenvalue weighted by Gasteiger charge is -2.35. The molecule has 0 spiro atoms. The fraction of sp³-hybridized carbons (Fsp3) is 0.182. The highest BCUT2D eigenvalue weighted by atomic mass is 16.6. The van der Waals surface area contributed by atoms with Gasteiger partial charge in [0.2, 0.25) is 0 Å². The molecule has 8 nitrogen and oxygen atoms in total. The van der Waals surface area contributed by atoms with Crippen molar-refractivity contribution in [2.24, 2.45) is 0 Å². The number of carbonyl (C=O) groups is 2. The molecule has 1 N–H and O–H groups in total. The third-order valence-electron chi connectivity index (χ3n) is 5.18. The molecule has 0 bridgehead atoms. The Morgan fingerprint density at radius 1 is 0.867 bits per heavy atom. The Kier molecular flexibility index (Phi) is 5.30. The summed E-state index contributed by atoms with van der Waals surface area (Å²) >= 11 is 0. The molecule has 3 aromatic carbocycles. The highest BCUT2D eigenvalue weighted by Gasteiger charge is 2.26. The molecule has 4 rings (SSSR count). The highest BCUT2D eigenvalue weighted by molar-refractivity contribution is 6.07. The van der Waals surface area contributed by atoms with Gasteiger partial charge >= 0.3 is 6.03 Å². The van der Waals surface area contributed by atoms with Crippen molar-refractivity contribution in [3.8, 4) is 0 Å². The molecule has 1 fully saturated rings. The van der Waals surface area contributed by atoms with Crippen molar-refractivity contribution in [3.05, 3.63) is 82.4 Å². The highest BCUT2D eigenvalue weighted by Crippen LogP contribution is 2.21. The minimum absolute atomic E-state index is 0.0504. The number of nitro groups is 1. The monoisotopic (exact) mass is 404 g/mol. The van der Waals surface area contributed by atoms with Gasteiger partial charge in [-0.3, -0.25) is 14.9 Å². The summed E-state index contributed by atoms with van der Waals surface area (Å²) in [7, 11) is 0. The van der Waals surface area contributed by atoms with E-state index >= 15 is 0 Å². The molecule has 1 aliphatic rings. The maximum Gasteiger partial charge on any atom is 0.321 e. The van der Waals surface area contributed by atoms with E-state index in [1.54, 1.807) is 15.9 Å². The largest absolute Gasteiger partial charge is 0.335 e. The van der Waals surface area contributed by atoms with Crippen molar-refractivity contribution in [1.29, 1.82) is 0 Å². The minimum Gasteiger partial charge on any atom is -0.335 e. The molecule has 8 heteroatoms. The second kappa shape index (κ2) is 8.20. The second-order valence-electron chi connectivity index (χ2n) is 7.04. The molecule has 0 unspecified atom stereocenters. The molecule has 0 radical (unpaired) electrons. The van der Waals surface area contributed by atoms with E-state index < -0.39 is 4.92 Å². The summed E-state index contributed by atoms with van der Waals surface area (Å²) in [5.41, 5.74) is 0.935. The van der Waals surface area contributed by atoms with Gasteiger partial charge in [-0.25, -0.2) is 4.79 Å². The zero-order chi connectivity index (χ0) is 21.1. The number of rotatable bonds is 3. The molecule has 1 aliphatic heterocycles. The molecule has 0 saturated carbocycles. The quantitative estimate of drug-likeness (QED) is 0.531. The van der Waals surface area contributed by atoms with Crippen molar-refractivity contribution < 1.29 is 14.5 Å². The van der Waals surface area contributed by atoms with E-state index in [-0.39, 0.29) is 17.6 Å². The lowest BCUT2D eigenvalue weighted by molar-refractivity contribution is -0.384. The Labute approximate surface area is 172 Å². The van der Waals surface area contributed by atoms with Crippen molar-refractivity contribution >= 4 is 34.1 Å². The van der Waals surface area contributed by atoms with Crippen LogP contribution in [-0.2, 0) is 0 Å². The summed E-state index contributed by atoms with van der Waals surface area (Å²) in [6.45, 7) is 1.61. The molecule has 30 heavy (non-hydrogen) atoms. The maximum atomic E-state index is 13.0. The summed E-state index contributed by atoms with van der Waals surface area (Å²) in [5.74, 6) is -0.0504. The smallest absolute Gasteiger partial charge is 0.321 e. The molecule has 1 heterocycles. The SMILES string of the molecule is O=C(Nc1cccc([N+](=O)[O-])c1)N1CCN(C(=O)c2cccc3ccccc23)CC1. The van der Waals surface area contributed by atoms with Gasteiger partial charge in [0, 0.05) is 49.6 Å². The Morgan fingerprint density at radius 2 is 1.53 bits per heavy atom. The van der Waals surface area contributed by atoms with Gasteiger partial charge in [0.05, 0.1) is 4.92 Å². The number of hydrogen-bond donors (Lipinski definition) is 1. The molecule has 3 amide bonds. The Bertz CT molecular complexity index is 1120. The fourth-order valence-electron chi connectivity index (χ4n) is 3.59. The third-order valence-corrected chi connectivity index (χ3v) is 5.18. The van der Waals surface area contributed by atoms with Gasteiger partial charge in [-0.05, 0) is 22.9 Å². The standard InChI is InChI=1S/C22H20N4O4/c27-21(20-10-3-6-16-5-1-2-9-19(16)20)24-11-13-25(14-12-24)22(28)23-17-7-4-8-18(15-17)26(29)30/h1-10,15H,11-14H2,(H,23,28). The first-order chi connectivity index (χ1) is 14.5. The number of hydrogen-bond acceptors (Lipinski definition) is 4. The van der Waals surface area contributed by atoms with Crippen molar-refractivity contribution in [2.45, 2.75) is 0 Å². The summed E-state index contributed by atoms with van der Waals surface area (Å²) in [5, 5.41) is 15.5. The Balaban J connectivity index is 1.40. The second-order valence-corrected chi connectivity index (χ2v) is 7.04. The molecule has 152 valence electrons. The molecular formula is C22H20N4O4. The predicted octanol–water partition coefficient (Wildman–Crippen LogP) is 3.74. The summed E-state index contributed by atoms with van der Waals surface area (Å²) in [4.78, 5) is 39.3.